The predicted octanol–water partition coefficient (Wildman–Crippen LogP) is 7.37. The number of amides is 2. The first kappa shape index (κ1) is 25.4. The first-order chi connectivity index (χ1) is 17.3. The quantitative estimate of drug-likeness (QED) is 0.322. The largest absolute Gasteiger partial charge is 0.478 e. The van der Waals surface area contributed by atoms with Crippen LogP contribution in [0.2, 0.25) is 0 Å². The van der Waals surface area contributed by atoms with Crippen LogP contribution in [0.3, 0.4) is 0 Å². The SMILES string of the molecule is CCN(c1ccc(-c2c(C)oc(C)c2C(=O)O)cc1NC(=O)Nc1ccccc1C)C1CCCCC1. The zero-order valence-electron chi connectivity index (χ0n) is 21.5. The van der Waals surface area contributed by atoms with Crippen LogP contribution in [0.1, 0.15) is 66.5 Å². The molecule has 0 radical (unpaired) electrons. The number of anilines is 3. The highest BCUT2D eigenvalue weighted by molar-refractivity contribution is 6.04. The van der Waals surface area contributed by atoms with Crippen LogP contribution in [0.15, 0.2) is 46.9 Å². The van der Waals surface area contributed by atoms with Crippen LogP contribution in [-0.2, 0) is 0 Å². The monoisotopic (exact) mass is 489 g/mol. The van der Waals surface area contributed by atoms with Gasteiger partial charge in [-0.1, -0.05) is 43.5 Å². The Labute approximate surface area is 212 Å². The lowest BCUT2D eigenvalue weighted by Gasteiger charge is -2.36. The van der Waals surface area contributed by atoms with E-state index >= 15 is 0 Å². The highest BCUT2D eigenvalue weighted by atomic mass is 16.4. The van der Waals surface area contributed by atoms with Crippen LogP contribution >= 0.6 is 0 Å². The van der Waals surface area contributed by atoms with E-state index in [4.69, 9.17) is 4.42 Å². The summed E-state index contributed by atoms with van der Waals surface area (Å²) in [4.78, 5) is 27.5. The number of furan rings is 1. The third-order valence-corrected chi connectivity index (χ3v) is 7.07. The molecule has 1 fully saturated rings. The zero-order valence-corrected chi connectivity index (χ0v) is 21.5. The van der Waals surface area contributed by atoms with E-state index in [1.165, 1.54) is 19.3 Å². The summed E-state index contributed by atoms with van der Waals surface area (Å²) in [6.45, 7) is 8.31. The molecule has 1 aromatic heterocycles. The van der Waals surface area contributed by atoms with Gasteiger partial charge in [0.05, 0.1) is 11.4 Å². The first-order valence-corrected chi connectivity index (χ1v) is 12.7. The summed E-state index contributed by atoms with van der Waals surface area (Å²) >= 11 is 0. The number of rotatable bonds is 7. The number of nitrogens with one attached hydrogen (secondary N) is 2. The minimum absolute atomic E-state index is 0.148. The average molecular weight is 490 g/mol. The number of carbonyl (C=O) groups is 2. The lowest BCUT2D eigenvalue weighted by atomic mass is 9.93. The molecule has 0 bridgehead atoms. The molecule has 0 spiro atoms. The number of carboxylic acid groups (broad SMARTS) is 1. The molecule has 1 heterocycles. The Hall–Kier alpha value is -3.74. The second-order valence-corrected chi connectivity index (χ2v) is 9.47. The highest BCUT2D eigenvalue weighted by Gasteiger charge is 2.26. The third kappa shape index (κ3) is 5.25. The summed E-state index contributed by atoms with van der Waals surface area (Å²) in [6, 6.07) is 13.5. The Bertz CT molecular complexity index is 1260. The summed E-state index contributed by atoms with van der Waals surface area (Å²) in [5, 5.41) is 15.8. The van der Waals surface area contributed by atoms with Crippen LogP contribution < -0.4 is 15.5 Å². The van der Waals surface area contributed by atoms with Gasteiger partial charge in [-0.25, -0.2) is 9.59 Å². The van der Waals surface area contributed by atoms with E-state index in [-0.39, 0.29) is 11.6 Å². The van der Waals surface area contributed by atoms with Crippen molar-refractivity contribution in [3.8, 4) is 11.1 Å². The number of hydrogen-bond acceptors (Lipinski definition) is 4. The van der Waals surface area contributed by atoms with Gasteiger partial charge in [0.25, 0.3) is 0 Å². The van der Waals surface area contributed by atoms with E-state index in [2.05, 4.69) is 22.5 Å². The maximum atomic E-state index is 13.1. The van der Waals surface area contributed by atoms with Crippen LogP contribution in [0, 0.1) is 20.8 Å². The van der Waals surface area contributed by atoms with Gasteiger partial charge in [-0.15, -0.1) is 0 Å². The molecule has 2 aromatic carbocycles. The number of urea groups is 1. The Morgan fingerprint density at radius 3 is 2.33 bits per heavy atom. The second-order valence-electron chi connectivity index (χ2n) is 9.47. The molecular formula is C29H35N3O4. The highest BCUT2D eigenvalue weighted by Crippen LogP contribution is 2.39. The summed E-state index contributed by atoms with van der Waals surface area (Å²) in [5.41, 5.74) is 4.65. The van der Waals surface area contributed by atoms with Gasteiger partial charge >= 0.3 is 12.0 Å². The van der Waals surface area contributed by atoms with Crippen LogP contribution in [0.25, 0.3) is 11.1 Å². The van der Waals surface area contributed by atoms with Crippen molar-refractivity contribution >= 4 is 29.1 Å². The lowest BCUT2D eigenvalue weighted by Crippen LogP contribution is -2.37. The molecule has 3 aromatic rings. The standard InChI is InChI=1S/C29H35N3O4/c1-5-32(22-12-7-6-8-13-22)25-16-15-21(26-19(3)36-20(4)27(26)28(33)34)17-24(25)31-29(35)30-23-14-10-9-11-18(23)2/h9-11,14-17,22H,5-8,12-13H2,1-4H3,(H,33,34)(H2,30,31,35). The molecule has 7 nitrogen and oxygen atoms in total. The van der Waals surface area contributed by atoms with Gasteiger partial charge in [0.2, 0.25) is 0 Å². The number of carbonyl (C=O) groups excluding carboxylic acids is 1. The van der Waals surface area contributed by atoms with Crippen molar-refractivity contribution in [2.75, 3.05) is 22.1 Å². The van der Waals surface area contributed by atoms with Gasteiger partial charge in [-0.3, -0.25) is 0 Å². The minimum atomic E-state index is -1.03. The van der Waals surface area contributed by atoms with Crippen LogP contribution in [0.5, 0.6) is 0 Å². The van der Waals surface area contributed by atoms with Gasteiger partial charge in [0, 0.05) is 23.8 Å². The molecule has 3 N–H and O–H groups in total. The topological polar surface area (TPSA) is 94.8 Å². The van der Waals surface area contributed by atoms with Crippen molar-refractivity contribution in [1.82, 2.24) is 0 Å². The van der Waals surface area contributed by atoms with E-state index in [1.54, 1.807) is 13.8 Å². The fraction of sp³-hybridized carbons (Fsp3) is 0.379. The number of nitrogens with zero attached hydrogens (tertiary/aromatic N) is 1. The van der Waals surface area contributed by atoms with Gasteiger partial charge in [-0.05, 0) is 69.9 Å². The first-order valence-electron chi connectivity index (χ1n) is 12.7. The molecule has 4 rings (SSSR count). The van der Waals surface area contributed by atoms with Crippen molar-refractivity contribution in [3.63, 3.8) is 0 Å². The summed E-state index contributed by atoms with van der Waals surface area (Å²) in [6.07, 6.45) is 5.89. The molecule has 1 aliphatic carbocycles. The average Bonchev–Trinajstić information content (AvgIpc) is 3.16. The predicted molar refractivity (Wildman–Crippen MR) is 144 cm³/mol. The molecule has 1 aliphatic rings. The number of benzene rings is 2. The Balaban J connectivity index is 1.76. The van der Waals surface area contributed by atoms with Crippen LogP contribution in [0.4, 0.5) is 21.9 Å². The molecule has 7 heteroatoms. The number of hydrogen-bond donors (Lipinski definition) is 3. The summed E-state index contributed by atoms with van der Waals surface area (Å²) in [5.74, 6) is -0.136. The Morgan fingerprint density at radius 2 is 1.67 bits per heavy atom. The maximum Gasteiger partial charge on any atom is 0.339 e. The molecule has 36 heavy (non-hydrogen) atoms. The molecule has 0 unspecified atom stereocenters. The number of aryl methyl sites for hydroxylation is 3. The Morgan fingerprint density at radius 1 is 0.972 bits per heavy atom. The molecule has 2 amide bonds. The number of carboxylic acids is 1. The van der Waals surface area contributed by atoms with Gasteiger partial charge in [-0.2, -0.15) is 0 Å². The van der Waals surface area contributed by atoms with E-state index < -0.39 is 5.97 Å². The van der Waals surface area contributed by atoms with Crippen molar-refractivity contribution < 1.29 is 19.1 Å². The zero-order chi connectivity index (χ0) is 25.8. The normalized spacial score (nSPS) is 13.9. The van der Waals surface area contributed by atoms with Crippen molar-refractivity contribution in [2.24, 2.45) is 0 Å². The maximum absolute atomic E-state index is 13.1. The van der Waals surface area contributed by atoms with Crippen molar-refractivity contribution in [3.05, 3.63) is 65.1 Å². The lowest BCUT2D eigenvalue weighted by molar-refractivity contribution is 0.0695. The molecule has 1 saturated carbocycles. The second kappa shape index (κ2) is 10.9. The third-order valence-electron chi connectivity index (χ3n) is 7.07. The number of aromatic carboxylic acids is 1. The fourth-order valence-corrected chi connectivity index (χ4v) is 5.34. The molecule has 190 valence electrons. The van der Waals surface area contributed by atoms with Gasteiger partial charge in [0.1, 0.15) is 17.1 Å². The minimum Gasteiger partial charge on any atom is -0.478 e. The van der Waals surface area contributed by atoms with E-state index in [1.807, 2.05) is 49.4 Å². The van der Waals surface area contributed by atoms with Crippen molar-refractivity contribution in [1.29, 1.82) is 0 Å². The summed E-state index contributed by atoms with van der Waals surface area (Å²) < 4.78 is 5.68. The summed E-state index contributed by atoms with van der Waals surface area (Å²) in [7, 11) is 0. The molecule has 0 saturated heterocycles. The fourth-order valence-electron chi connectivity index (χ4n) is 5.34. The van der Waals surface area contributed by atoms with Gasteiger partial charge < -0.3 is 25.1 Å². The molecule has 0 atom stereocenters. The van der Waals surface area contributed by atoms with E-state index in [0.717, 1.165) is 36.3 Å². The number of para-hydroxylation sites is 1. The molecule has 0 aliphatic heterocycles. The van der Waals surface area contributed by atoms with Crippen LogP contribution in [-0.4, -0.2) is 29.7 Å². The van der Waals surface area contributed by atoms with E-state index in [9.17, 15) is 14.7 Å². The smallest absolute Gasteiger partial charge is 0.339 e. The molecular weight excluding hydrogens is 454 g/mol. The van der Waals surface area contributed by atoms with E-state index in [0.29, 0.717) is 34.4 Å². The Kier molecular flexibility index (Phi) is 7.67. The van der Waals surface area contributed by atoms with Gasteiger partial charge in [0.15, 0.2) is 0 Å². The van der Waals surface area contributed by atoms with Crippen molar-refractivity contribution in [2.45, 2.75) is 65.8 Å².